The van der Waals surface area contributed by atoms with Crippen LogP contribution in [0.4, 0.5) is 0 Å². The molecule has 0 amide bonds. The van der Waals surface area contributed by atoms with Gasteiger partial charge in [-0.2, -0.15) is 5.10 Å². The molecule has 5 rings (SSSR count). The number of hydrogen-bond donors (Lipinski definition) is 0. The van der Waals surface area contributed by atoms with Crippen LogP contribution in [0.15, 0.2) is 77.1 Å². The Kier molecular flexibility index (Phi) is 3.93. The molecule has 2 heterocycles. The summed E-state index contributed by atoms with van der Waals surface area (Å²) in [7, 11) is 2.63. The van der Waals surface area contributed by atoms with Crippen molar-refractivity contribution in [2.24, 2.45) is 5.10 Å². The molecule has 1 unspecified atom stereocenters. The van der Waals surface area contributed by atoms with Crippen LogP contribution in [0.1, 0.15) is 18.1 Å². The molecule has 0 aromatic heterocycles. The second-order valence-electron chi connectivity index (χ2n) is 7.50. The Balaban J connectivity index is 1.96. The minimum absolute atomic E-state index is 0.115. The van der Waals surface area contributed by atoms with Crippen LogP contribution < -0.4 is 0 Å². The molecule has 0 radical (unpaired) electrons. The molecule has 0 N–H and O–H groups in total. The summed E-state index contributed by atoms with van der Waals surface area (Å²) in [5.41, 5.74) is 4.10. The maximum absolute atomic E-state index is 13.3. The fourth-order valence-electron chi connectivity index (χ4n) is 5.05. The van der Waals surface area contributed by atoms with Crippen LogP contribution in [-0.4, -0.2) is 42.9 Å². The number of benzene rings is 2. The number of allylic oxidation sites excluding steroid dienone is 1. The molecule has 1 aliphatic carbocycles. The zero-order chi connectivity index (χ0) is 21.0. The lowest BCUT2D eigenvalue weighted by molar-refractivity contribution is -0.140. The molecule has 0 saturated heterocycles. The van der Waals surface area contributed by atoms with Gasteiger partial charge in [-0.25, -0.2) is 14.6 Å². The normalized spacial score (nSPS) is 19.9. The number of esters is 2. The summed E-state index contributed by atoms with van der Waals surface area (Å²) in [4.78, 5) is 26.2. The van der Waals surface area contributed by atoms with Crippen molar-refractivity contribution < 1.29 is 19.1 Å². The van der Waals surface area contributed by atoms with Crippen LogP contribution in [0.3, 0.4) is 0 Å². The van der Waals surface area contributed by atoms with E-state index in [0.29, 0.717) is 0 Å². The number of rotatable bonds is 2. The van der Waals surface area contributed by atoms with Gasteiger partial charge >= 0.3 is 11.9 Å². The lowest BCUT2D eigenvalue weighted by atomic mass is 9.68. The molecule has 6 nitrogen and oxygen atoms in total. The van der Waals surface area contributed by atoms with Gasteiger partial charge in [-0.1, -0.05) is 54.6 Å². The highest BCUT2D eigenvalue weighted by molar-refractivity contribution is 6.07. The van der Waals surface area contributed by atoms with E-state index in [1.54, 1.807) is 5.01 Å². The fraction of sp³-hybridized carbons (Fsp3) is 0.208. The summed E-state index contributed by atoms with van der Waals surface area (Å²) in [5, 5.41) is 6.24. The number of hydrazone groups is 1. The van der Waals surface area contributed by atoms with Gasteiger partial charge in [-0.3, -0.25) is 0 Å². The van der Waals surface area contributed by atoms with Crippen LogP contribution >= 0.6 is 0 Å². The fourth-order valence-corrected chi connectivity index (χ4v) is 5.05. The number of nitrogens with zero attached hydrogens (tertiary/aromatic N) is 2. The van der Waals surface area contributed by atoms with E-state index in [1.807, 2.05) is 67.6 Å². The van der Waals surface area contributed by atoms with Gasteiger partial charge in [0.15, 0.2) is 5.70 Å². The van der Waals surface area contributed by atoms with Gasteiger partial charge in [0.2, 0.25) is 0 Å². The Morgan fingerprint density at radius 3 is 2.07 bits per heavy atom. The number of carbonyl (C=O) groups is 2. The molecular formula is C24H20N2O4. The first-order valence-corrected chi connectivity index (χ1v) is 9.69. The van der Waals surface area contributed by atoms with E-state index >= 15 is 0 Å². The van der Waals surface area contributed by atoms with Crippen molar-refractivity contribution in [2.45, 2.75) is 18.4 Å². The van der Waals surface area contributed by atoms with Gasteiger partial charge < -0.3 is 9.47 Å². The van der Waals surface area contributed by atoms with Gasteiger partial charge in [0.1, 0.15) is 0 Å². The lowest BCUT2D eigenvalue weighted by Gasteiger charge is -2.37. The quantitative estimate of drug-likeness (QED) is 0.725. The van der Waals surface area contributed by atoms with Crippen molar-refractivity contribution in [3.8, 4) is 11.1 Å². The molecule has 2 aromatic carbocycles. The second kappa shape index (κ2) is 6.42. The Labute approximate surface area is 174 Å². The van der Waals surface area contributed by atoms with E-state index < -0.39 is 23.4 Å². The first kappa shape index (κ1) is 18.4. The first-order chi connectivity index (χ1) is 14.6. The van der Waals surface area contributed by atoms with E-state index in [0.717, 1.165) is 28.0 Å². The van der Waals surface area contributed by atoms with E-state index in [4.69, 9.17) is 9.47 Å². The van der Waals surface area contributed by atoms with Crippen LogP contribution in [-0.2, 0) is 24.5 Å². The number of fused-ring (bicyclic) bond motifs is 7. The summed E-state index contributed by atoms with van der Waals surface area (Å²) < 4.78 is 10.3. The smallest absolute Gasteiger partial charge is 0.356 e. The average Bonchev–Trinajstić information content (AvgIpc) is 3.24. The molecule has 0 fully saturated rings. The standard InChI is InChI=1S/C24H20N2O4/c1-14-12-13-19-24(20(22(27)29-2)21(23(28)30-3)26(19)25-14)17-10-6-4-8-15(17)16-9-5-7-11-18(16)24/h4-13,19H,1-3H3. The number of carbonyl (C=O) groups excluding carboxylic acids is 2. The average molecular weight is 400 g/mol. The maximum Gasteiger partial charge on any atom is 0.356 e. The van der Waals surface area contributed by atoms with Crippen molar-refractivity contribution in [3.05, 3.63) is 83.1 Å². The lowest BCUT2D eigenvalue weighted by Crippen LogP contribution is -2.44. The van der Waals surface area contributed by atoms with Gasteiger partial charge in [0.05, 0.1) is 37.0 Å². The van der Waals surface area contributed by atoms with Crippen LogP contribution in [0, 0.1) is 0 Å². The Morgan fingerprint density at radius 2 is 1.50 bits per heavy atom. The topological polar surface area (TPSA) is 68.2 Å². The molecule has 0 bridgehead atoms. The molecule has 150 valence electrons. The predicted molar refractivity (Wildman–Crippen MR) is 112 cm³/mol. The SMILES string of the molecule is COC(=O)C1=C(C(=O)OC)C2(c3ccccc3-c3ccccc32)C2C=CC(C)=NN12. The molecule has 3 aliphatic rings. The third-order valence-corrected chi connectivity index (χ3v) is 6.11. The molecular weight excluding hydrogens is 380 g/mol. The summed E-state index contributed by atoms with van der Waals surface area (Å²) >= 11 is 0. The van der Waals surface area contributed by atoms with Crippen molar-refractivity contribution >= 4 is 17.7 Å². The van der Waals surface area contributed by atoms with Crippen LogP contribution in [0.2, 0.25) is 0 Å². The van der Waals surface area contributed by atoms with E-state index in [-0.39, 0.29) is 11.3 Å². The van der Waals surface area contributed by atoms with Crippen molar-refractivity contribution in [1.29, 1.82) is 0 Å². The Hall–Kier alpha value is -3.67. The molecule has 6 heteroatoms. The largest absolute Gasteiger partial charge is 0.466 e. The van der Waals surface area contributed by atoms with Gasteiger partial charge in [-0.05, 0) is 35.3 Å². The van der Waals surface area contributed by atoms with Crippen molar-refractivity contribution in [1.82, 2.24) is 5.01 Å². The summed E-state index contributed by atoms with van der Waals surface area (Å²) in [6, 6.07) is 15.5. The molecule has 30 heavy (non-hydrogen) atoms. The molecule has 1 atom stereocenters. The minimum Gasteiger partial charge on any atom is -0.466 e. The van der Waals surface area contributed by atoms with Gasteiger partial charge in [0, 0.05) is 0 Å². The third-order valence-electron chi connectivity index (χ3n) is 6.11. The highest BCUT2D eigenvalue weighted by Gasteiger charge is 2.62. The number of ether oxygens (including phenoxy) is 2. The summed E-state index contributed by atoms with van der Waals surface area (Å²) in [6.07, 6.45) is 3.92. The summed E-state index contributed by atoms with van der Waals surface area (Å²) in [6.45, 7) is 1.85. The maximum atomic E-state index is 13.3. The van der Waals surface area contributed by atoms with Gasteiger partial charge in [-0.15, -0.1) is 0 Å². The van der Waals surface area contributed by atoms with Crippen LogP contribution in [0.5, 0.6) is 0 Å². The van der Waals surface area contributed by atoms with E-state index in [9.17, 15) is 9.59 Å². The molecule has 0 saturated carbocycles. The van der Waals surface area contributed by atoms with Crippen molar-refractivity contribution in [2.75, 3.05) is 14.2 Å². The number of methoxy groups -OCH3 is 2. The summed E-state index contributed by atoms with van der Waals surface area (Å²) in [5.74, 6) is -1.19. The highest BCUT2D eigenvalue weighted by atomic mass is 16.5. The Morgan fingerprint density at radius 1 is 0.933 bits per heavy atom. The first-order valence-electron chi connectivity index (χ1n) is 9.69. The molecule has 1 spiro atoms. The zero-order valence-corrected chi connectivity index (χ0v) is 16.9. The Bertz CT molecular complexity index is 1150. The molecule has 2 aliphatic heterocycles. The van der Waals surface area contributed by atoms with Gasteiger partial charge in [0.25, 0.3) is 0 Å². The van der Waals surface area contributed by atoms with Crippen molar-refractivity contribution in [3.63, 3.8) is 0 Å². The van der Waals surface area contributed by atoms with Crippen LogP contribution in [0.25, 0.3) is 11.1 Å². The second-order valence-corrected chi connectivity index (χ2v) is 7.50. The zero-order valence-electron chi connectivity index (χ0n) is 16.9. The minimum atomic E-state index is -0.940. The number of hydrogen-bond acceptors (Lipinski definition) is 6. The highest BCUT2D eigenvalue weighted by Crippen LogP contribution is 2.60. The molecule has 2 aromatic rings. The third kappa shape index (κ3) is 2.10. The van der Waals surface area contributed by atoms with E-state index in [1.165, 1.54) is 14.2 Å². The monoisotopic (exact) mass is 400 g/mol. The predicted octanol–water partition coefficient (Wildman–Crippen LogP) is 3.18. The van der Waals surface area contributed by atoms with E-state index in [2.05, 4.69) is 5.10 Å².